The van der Waals surface area contributed by atoms with Crippen LogP contribution in [0.25, 0.3) is 0 Å². The highest BCUT2D eigenvalue weighted by Crippen LogP contribution is 2.42. The molecule has 1 aliphatic rings. The number of hydrogen-bond donors (Lipinski definition) is 1. The molecule has 1 unspecified atom stereocenters. The van der Waals surface area contributed by atoms with Gasteiger partial charge in [0.15, 0.2) is 0 Å². The standard InChI is InChI=1S/C17H19NO2S/c1-2-3-10-18-14-6-4-5-7-16(14)21(20)17-11-13(12-19)8-9-15(17)18/h4-9,11,19H,2-3,10,12H2,1H3. The Hall–Kier alpha value is -1.65. The van der Waals surface area contributed by atoms with E-state index in [0.29, 0.717) is 0 Å². The molecular formula is C17H19NO2S. The Labute approximate surface area is 127 Å². The summed E-state index contributed by atoms with van der Waals surface area (Å²) in [5.74, 6) is 0. The molecule has 0 spiro atoms. The fourth-order valence-corrected chi connectivity index (χ4v) is 4.10. The van der Waals surface area contributed by atoms with E-state index >= 15 is 0 Å². The van der Waals surface area contributed by atoms with Gasteiger partial charge in [0.25, 0.3) is 0 Å². The number of aliphatic hydroxyl groups is 1. The summed E-state index contributed by atoms with van der Waals surface area (Å²) in [5, 5.41) is 9.32. The van der Waals surface area contributed by atoms with Gasteiger partial charge < -0.3 is 10.0 Å². The van der Waals surface area contributed by atoms with Gasteiger partial charge in [-0.25, -0.2) is 4.21 Å². The highest BCUT2D eigenvalue weighted by atomic mass is 32.2. The van der Waals surface area contributed by atoms with Crippen molar-refractivity contribution in [3.63, 3.8) is 0 Å². The maximum atomic E-state index is 12.8. The van der Waals surface area contributed by atoms with Gasteiger partial charge in [0.2, 0.25) is 0 Å². The minimum absolute atomic E-state index is 0.0267. The second-order valence-electron chi connectivity index (χ2n) is 5.20. The number of hydrogen-bond acceptors (Lipinski definition) is 3. The zero-order valence-corrected chi connectivity index (χ0v) is 12.9. The molecule has 1 aliphatic heterocycles. The smallest absolute Gasteiger partial charge is 0.0892 e. The molecule has 0 fully saturated rings. The van der Waals surface area contributed by atoms with Crippen molar-refractivity contribution < 1.29 is 9.32 Å². The van der Waals surface area contributed by atoms with E-state index in [9.17, 15) is 9.32 Å². The molecule has 0 bridgehead atoms. The SMILES string of the molecule is CCCCN1c2ccccc2S(=O)c2cc(CO)ccc21. The molecule has 3 nitrogen and oxygen atoms in total. The van der Waals surface area contributed by atoms with Crippen LogP contribution in [0.15, 0.2) is 52.3 Å². The molecule has 4 heteroatoms. The Kier molecular flexibility index (Phi) is 4.08. The number of benzene rings is 2. The van der Waals surface area contributed by atoms with E-state index in [1.165, 1.54) is 0 Å². The summed E-state index contributed by atoms with van der Waals surface area (Å²) < 4.78 is 12.8. The molecule has 110 valence electrons. The maximum absolute atomic E-state index is 12.8. The largest absolute Gasteiger partial charge is 0.392 e. The molecule has 3 rings (SSSR count). The third kappa shape index (κ3) is 2.49. The zero-order valence-electron chi connectivity index (χ0n) is 12.1. The molecule has 21 heavy (non-hydrogen) atoms. The van der Waals surface area contributed by atoms with Crippen molar-refractivity contribution in [2.75, 3.05) is 11.4 Å². The lowest BCUT2D eigenvalue weighted by atomic mass is 10.1. The number of anilines is 2. The molecule has 0 radical (unpaired) electrons. The summed E-state index contributed by atoms with van der Waals surface area (Å²) in [5.41, 5.74) is 2.84. The summed E-state index contributed by atoms with van der Waals surface area (Å²) in [6, 6.07) is 13.6. The molecule has 1 atom stereocenters. The molecular weight excluding hydrogens is 282 g/mol. The summed E-state index contributed by atoms with van der Waals surface area (Å²) in [6.45, 7) is 3.06. The van der Waals surface area contributed by atoms with Crippen molar-refractivity contribution in [2.45, 2.75) is 36.2 Å². The van der Waals surface area contributed by atoms with Gasteiger partial charge in [0, 0.05) is 6.54 Å². The third-order valence-corrected chi connectivity index (χ3v) is 5.26. The van der Waals surface area contributed by atoms with E-state index in [1.807, 2.05) is 42.5 Å². The predicted molar refractivity (Wildman–Crippen MR) is 85.4 cm³/mol. The number of nitrogens with zero attached hydrogens (tertiary/aromatic N) is 1. The van der Waals surface area contributed by atoms with Gasteiger partial charge in [-0.15, -0.1) is 0 Å². The zero-order chi connectivity index (χ0) is 14.8. The van der Waals surface area contributed by atoms with Crippen molar-refractivity contribution in [1.29, 1.82) is 0 Å². The normalized spacial score (nSPS) is 16.5. The van der Waals surface area contributed by atoms with E-state index < -0.39 is 10.8 Å². The van der Waals surface area contributed by atoms with E-state index in [2.05, 4.69) is 11.8 Å². The first-order valence-corrected chi connectivity index (χ1v) is 8.43. The summed E-state index contributed by atoms with van der Waals surface area (Å²) in [7, 11) is -1.18. The Bertz CT molecular complexity index is 684. The van der Waals surface area contributed by atoms with Gasteiger partial charge >= 0.3 is 0 Å². The Morgan fingerprint density at radius 3 is 2.62 bits per heavy atom. The summed E-state index contributed by atoms with van der Waals surface area (Å²) in [4.78, 5) is 3.91. The molecule has 2 aromatic rings. The molecule has 2 aromatic carbocycles. The lowest BCUT2D eigenvalue weighted by Crippen LogP contribution is -2.25. The first-order valence-electron chi connectivity index (χ1n) is 7.28. The van der Waals surface area contributed by atoms with Crippen LogP contribution in [-0.4, -0.2) is 15.9 Å². The molecule has 1 heterocycles. The van der Waals surface area contributed by atoms with Crippen LogP contribution in [0, 0.1) is 0 Å². The van der Waals surface area contributed by atoms with Gasteiger partial charge in [-0.1, -0.05) is 31.5 Å². The second kappa shape index (κ2) is 6.00. The second-order valence-corrected chi connectivity index (χ2v) is 6.62. The fraction of sp³-hybridized carbons (Fsp3) is 0.294. The van der Waals surface area contributed by atoms with E-state index in [4.69, 9.17) is 0 Å². The van der Waals surface area contributed by atoms with Crippen LogP contribution in [0.5, 0.6) is 0 Å². The van der Waals surface area contributed by atoms with Gasteiger partial charge in [-0.05, 0) is 36.2 Å². The average molecular weight is 301 g/mol. The lowest BCUT2D eigenvalue weighted by Gasteiger charge is -2.32. The minimum atomic E-state index is -1.18. The van der Waals surface area contributed by atoms with Crippen LogP contribution in [0.4, 0.5) is 11.4 Å². The van der Waals surface area contributed by atoms with Crippen LogP contribution >= 0.6 is 0 Å². The first kappa shape index (κ1) is 14.3. The van der Waals surface area contributed by atoms with Crippen LogP contribution in [-0.2, 0) is 17.4 Å². The van der Waals surface area contributed by atoms with Crippen molar-refractivity contribution in [2.24, 2.45) is 0 Å². The molecule has 1 N–H and O–H groups in total. The third-order valence-electron chi connectivity index (χ3n) is 3.79. The highest BCUT2D eigenvalue weighted by molar-refractivity contribution is 7.85. The molecule has 0 aliphatic carbocycles. The number of fused-ring (bicyclic) bond motifs is 2. The number of unbranched alkanes of at least 4 members (excludes halogenated alkanes) is 1. The molecule has 0 saturated heterocycles. The molecule has 0 aromatic heterocycles. The predicted octanol–water partition coefficient (Wildman–Crippen LogP) is 3.60. The summed E-state index contributed by atoms with van der Waals surface area (Å²) in [6.07, 6.45) is 2.20. The van der Waals surface area contributed by atoms with Gasteiger partial charge in [-0.2, -0.15) is 0 Å². The van der Waals surface area contributed by atoms with Gasteiger partial charge in [-0.3, -0.25) is 0 Å². The topological polar surface area (TPSA) is 40.5 Å². The molecule has 0 saturated carbocycles. The maximum Gasteiger partial charge on any atom is 0.0892 e. The number of para-hydroxylation sites is 1. The van der Waals surface area contributed by atoms with Gasteiger partial charge in [0.05, 0.1) is 38.6 Å². The van der Waals surface area contributed by atoms with E-state index in [1.54, 1.807) is 0 Å². The van der Waals surface area contributed by atoms with Crippen molar-refractivity contribution in [3.8, 4) is 0 Å². The fourth-order valence-electron chi connectivity index (χ4n) is 2.67. The quantitative estimate of drug-likeness (QED) is 0.938. The Morgan fingerprint density at radius 2 is 1.86 bits per heavy atom. The molecule has 0 amide bonds. The lowest BCUT2D eigenvalue weighted by molar-refractivity contribution is 0.281. The van der Waals surface area contributed by atoms with Crippen LogP contribution in [0.2, 0.25) is 0 Å². The Morgan fingerprint density at radius 1 is 1.10 bits per heavy atom. The average Bonchev–Trinajstić information content (AvgIpc) is 2.54. The van der Waals surface area contributed by atoms with Crippen LogP contribution in [0.1, 0.15) is 25.3 Å². The minimum Gasteiger partial charge on any atom is -0.392 e. The van der Waals surface area contributed by atoms with E-state index in [-0.39, 0.29) is 6.61 Å². The van der Waals surface area contributed by atoms with E-state index in [0.717, 1.165) is 46.1 Å². The van der Waals surface area contributed by atoms with Crippen molar-refractivity contribution >= 4 is 22.2 Å². The monoisotopic (exact) mass is 301 g/mol. The number of rotatable bonds is 4. The Balaban J connectivity index is 2.14. The number of aliphatic hydroxyl groups excluding tert-OH is 1. The highest BCUT2D eigenvalue weighted by Gasteiger charge is 2.27. The van der Waals surface area contributed by atoms with Crippen molar-refractivity contribution in [3.05, 3.63) is 48.0 Å². The van der Waals surface area contributed by atoms with Crippen LogP contribution < -0.4 is 4.90 Å². The van der Waals surface area contributed by atoms with Gasteiger partial charge in [0.1, 0.15) is 0 Å². The summed E-state index contributed by atoms with van der Waals surface area (Å²) >= 11 is 0. The van der Waals surface area contributed by atoms with Crippen LogP contribution in [0.3, 0.4) is 0 Å². The first-order chi connectivity index (χ1) is 10.3. The van der Waals surface area contributed by atoms with Crippen molar-refractivity contribution in [1.82, 2.24) is 0 Å².